The van der Waals surface area contributed by atoms with E-state index in [2.05, 4.69) is 4.98 Å². The summed E-state index contributed by atoms with van der Waals surface area (Å²) in [5.41, 5.74) is 2.25. The molecule has 3 nitrogen and oxygen atoms in total. The van der Waals surface area contributed by atoms with Gasteiger partial charge in [-0.2, -0.15) is 0 Å². The highest BCUT2D eigenvalue weighted by Crippen LogP contribution is 2.23. The summed E-state index contributed by atoms with van der Waals surface area (Å²) in [5, 5.41) is 9.03. The zero-order valence-electron chi connectivity index (χ0n) is 10.1. The lowest BCUT2D eigenvalue weighted by atomic mass is 10.1. The highest BCUT2D eigenvalue weighted by molar-refractivity contribution is 5.36. The molecule has 1 aromatic heterocycles. The van der Waals surface area contributed by atoms with E-state index in [0.29, 0.717) is 5.56 Å². The van der Waals surface area contributed by atoms with E-state index < -0.39 is 5.82 Å². The van der Waals surface area contributed by atoms with Crippen molar-refractivity contribution in [1.82, 2.24) is 4.98 Å². The van der Waals surface area contributed by atoms with Gasteiger partial charge >= 0.3 is 0 Å². The molecule has 1 heterocycles. The summed E-state index contributed by atoms with van der Waals surface area (Å²) in [4.78, 5) is 3.96. The van der Waals surface area contributed by atoms with Crippen LogP contribution in [-0.4, -0.2) is 10.1 Å². The van der Waals surface area contributed by atoms with E-state index in [1.807, 2.05) is 13.0 Å². The molecule has 0 bridgehead atoms. The van der Waals surface area contributed by atoms with Crippen LogP contribution in [-0.2, 0) is 13.2 Å². The van der Waals surface area contributed by atoms with Crippen molar-refractivity contribution in [2.24, 2.45) is 0 Å². The molecule has 0 aliphatic heterocycles. The first-order valence-corrected chi connectivity index (χ1v) is 5.62. The van der Waals surface area contributed by atoms with Gasteiger partial charge in [-0.15, -0.1) is 0 Å². The second-order valence-electron chi connectivity index (χ2n) is 4.02. The first-order valence-electron chi connectivity index (χ1n) is 5.62. The molecule has 2 aromatic rings. The standard InChI is InChI=1S/C14H14FNO2/c1-10-5-14(13(15)6-12(10)8-17)18-9-11-3-2-4-16-7-11/h2-7,17H,8-9H2,1H3. The number of pyridine rings is 1. The van der Waals surface area contributed by atoms with Crippen LogP contribution in [0.15, 0.2) is 36.7 Å². The Bertz CT molecular complexity index is 529. The normalized spacial score (nSPS) is 10.4. The van der Waals surface area contributed by atoms with Crippen LogP contribution in [0, 0.1) is 12.7 Å². The largest absolute Gasteiger partial charge is 0.486 e. The van der Waals surface area contributed by atoms with Gasteiger partial charge in [0.1, 0.15) is 6.61 Å². The van der Waals surface area contributed by atoms with Crippen LogP contribution in [0.1, 0.15) is 16.7 Å². The summed E-state index contributed by atoms with van der Waals surface area (Å²) in [7, 11) is 0. The van der Waals surface area contributed by atoms with Crippen molar-refractivity contribution in [2.45, 2.75) is 20.1 Å². The van der Waals surface area contributed by atoms with Crippen LogP contribution in [0.5, 0.6) is 5.75 Å². The van der Waals surface area contributed by atoms with Gasteiger partial charge in [-0.1, -0.05) is 6.07 Å². The number of rotatable bonds is 4. The molecule has 0 fully saturated rings. The van der Waals surface area contributed by atoms with Gasteiger partial charge in [0.15, 0.2) is 11.6 Å². The van der Waals surface area contributed by atoms with Crippen LogP contribution < -0.4 is 4.74 Å². The summed E-state index contributed by atoms with van der Waals surface area (Å²) >= 11 is 0. The first kappa shape index (κ1) is 12.5. The Morgan fingerprint density at radius 2 is 2.22 bits per heavy atom. The zero-order chi connectivity index (χ0) is 13.0. The molecule has 0 spiro atoms. The third kappa shape index (κ3) is 2.84. The Labute approximate surface area is 105 Å². The highest BCUT2D eigenvalue weighted by atomic mass is 19.1. The van der Waals surface area contributed by atoms with Gasteiger partial charge < -0.3 is 9.84 Å². The summed E-state index contributed by atoms with van der Waals surface area (Å²) in [6.07, 6.45) is 3.34. The SMILES string of the molecule is Cc1cc(OCc2cccnc2)c(F)cc1CO. The molecule has 94 valence electrons. The van der Waals surface area contributed by atoms with Crippen LogP contribution in [0.2, 0.25) is 0 Å². The van der Waals surface area contributed by atoms with Gasteiger partial charge in [0, 0.05) is 18.0 Å². The molecule has 1 N–H and O–H groups in total. The van der Waals surface area contributed by atoms with Crippen molar-refractivity contribution in [1.29, 1.82) is 0 Å². The number of aromatic nitrogens is 1. The van der Waals surface area contributed by atoms with Gasteiger partial charge in [-0.3, -0.25) is 4.98 Å². The topological polar surface area (TPSA) is 42.4 Å². The van der Waals surface area contributed by atoms with Crippen molar-refractivity contribution in [2.75, 3.05) is 0 Å². The number of nitrogens with zero attached hydrogens (tertiary/aromatic N) is 1. The van der Waals surface area contributed by atoms with Crippen molar-refractivity contribution < 1.29 is 14.2 Å². The number of halogens is 1. The van der Waals surface area contributed by atoms with E-state index in [9.17, 15) is 4.39 Å². The van der Waals surface area contributed by atoms with Gasteiger partial charge in [0.05, 0.1) is 6.61 Å². The van der Waals surface area contributed by atoms with Gasteiger partial charge in [-0.05, 0) is 36.2 Å². The fourth-order valence-electron chi connectivity index (χ4n) is 1.62. The van der Waals surface area contributed by atoms with Crippen molar-refractivity contribution in [3.8, 4) is 5.75 Å². The van der Waals surface area contributed by atoms with Crippen molar-refractivity contribution in [3.05, 3.63) is 59.2 Å². The average Bonchev–Trinajstić information content (AvgIpc) is 2.40. The second-order valence-corrected chi connectivity index (χ2v) is 4.02. The predicted octanol–water partition coefficient (Wildman–Crippen LogP) is 2.60. The van der Waals surface area contributed by atoms with Crippen LogP contribution in [0.3, 0.4) is 0 Å². The lowest BCUT2D eigenvalue weighted by Gasteiger charge is -2.10. The molecule has 1 aromatic carbocycles. The van der Waals surface area contributed by atoms with E-state index in [1.54, 1.807) is 24.5 Å². The van der Waals surface area contributed by atoms with Crippen molar-refractivity contribution in [3.63, 3.8) is 0 Å². The van der Waals surface area contributed by atoms with E-state index in [4.69, 9.17) is 9.84 Å². The number of hydrogen-bond donors (Lipinski definition) is 1. The summed E-state index contributed by atoms with van der Waals surface area (Å²) < 4.78 is 19.1. The van der Waals surface area contributed by atoms with Gasteiger partial charge in [0.2, 0.25) is 0 Å². The van der Waals surface area contributed by atoms with Crippen molar-refractivity contribution >= 4 is 0 Å². The summed E-state index contributed by atoms with van der Waals surface area (Å²) in [6, 6.07) is 6.56. The lowest BCUT2D eigenvalue weighted by Crippen LogP contribution is -2.00. The molecular formula is C14H14FNO2. The molecule has 18 heavy (non-hydrogen) atoms. The molecule has 4 heteroatoms. The van der Waals surface area contributed by atoms with E-state index in [1.165, 1.54) is 6.07 Å². The van der Waals surface area contributed by atoms with Crippen LogP contribution >= 0.6 is 0 Å². The smallest absolute Gasteiger partial charge is 0.165 e. The minimum atomic E-state index is -0.464. The molecule has 0 amide bonds. The maximum Gasteiger partial charge on any atom is 0.165 e. The molecular weight excluding hydrogens is 233 g/mol. The summed E-state index contributed by atoms with van der Waals surface area (Å²) in [6.45, 7) is 1.90. The number of ether oxygens (including phenoxy) is 1. The van der Waals surface area contributed by atoms with Crippen LogP contribution in [0.25, 0.3) is 0 Å². The Balaban J connectivity index is 2.13. The van der Waals surface area contributed by atoms with Gasteiger partial charge in [0.25, 0.3) is 0 Å². The number of aryl methyl sites for hydroxylation is 1. The highest BCUT2D eigenvalue weighted by Gasteiger charge is 2.08. The maximum atomic E-state index is 13.7. The Kier molecular flexibility index (Phi) is 3.89. The minimum absolute atomic E-state index is 0.175. The zero-order valence-corrected chi connectivity index (χ0v) is 10.1. The molecule has 0 saturated carbocycles. The number of benzene rings is 1. The average molecular weight is 247 g/mol. The first-order chi connectivity index (χ1) is 8.70. The predicted molar refractivity (Wildman–Crippen MR) is 65.6 cm³/mol. The fourth-order valence-corrected chi connectivity index (χ4v) is 1.62. The maximum absolute atomic E-state index is 13.7. The fraction of sp³-hybridized carbons (Fsp3) is 0.214. The molecule has 0 aliphatic carbocycles. The molecule has 0 saturated heterocycles. The number of aliphatic hydroxyl groups is 1. The lowest BCUT2D eigenvalue weighted by molar-refractivity contribution is 0.275. The molecule has 0 aliphatic rings. The Hall–Kier alpha value is -1.94. The third-order valence-electron chi connectivity index (χ3n) is 2.68. The van der Waals surface area contributed by atoms with Crippen LogP contribution in [0.4, 0.5) is 4.39 Å². The molecule has 2 rings (SSSR count). The summed E-state index contributed by atoms with van der Waals surface area (Å²) in [5.74, 6) is -0.276. The second kappa shape index (κ2) is 5.60. The Morgan fingerprint density at radius 3 is 2.89 bits per heavy atom. The molecule has 0 unspecified atom stereocenters. The number of hydrogen-bond acceptors (Lipinski definition) is 3. The van der Waals surface area contributed by atoms with E-state index in [-0.39, 0.29) is 19.0 Å². The van der Waals surface area contributed by atoms with Gasteiger partial charge in [-0.25, -0.2) is 4.39 Å². The quantitative estimate of drug-likeness (QED) is 0.903. The number of aliphatic hydroxyl groups excluding tert-OH is 1. The van der Waals surface area contributed by atoms with E-state index >= 15 is 0 Å². The van der Waals surface area contributed by atoms with E-state index in [0.717, 1.165) is 11.1 Å². The third-order valence-corrected chi connectivity index (χ3v) is 2.68. The molecule has 0 atom stereocenters. The monoisotopic (exact) mass is 247 g/mol. The minimum Gasteiger partial charge on any atom is -0.486 e. The molecule has 0 radical (unpaired) electrons. The Morgan fingerprint density at radius 1 is 1.39 bits per heavy atom.